The summed E-state index contributed by atoms with van der Waals surface area (Å²) in [6.45, 7) is 0. The Morgan fingerprint density at radius 2 is 2.18 bits per heavy atom. The zero-order valence-electron chi connectivity index (χ0n) is 9.17. The molecule has 1 unspecified atom stereocenters. The first-order valence-electron chi connectivity index (χ1n) is 5.28. The number of hydrogen-bond acceptors (Lipinski definition) is 4. The van der Waals surface area contributed by atoms with Crippen LogP contribution in [0.3, 0.4) is 0 Å². The van der Waals surface area contributed by atoms with Gasteiger partial charge in [0.1, 0.15) is 5.75 Å². The normalized spacial score (nSPS) is 12.3. The average molecular weight is 231 g/mol. The number of rotatable bonds is 4. The summed E-state index contributed by atoms with van der Waals surface area (Å²) in [6, 6.07) is 9.27. The number of nitrogens with two attached hydrogens (primary N) is 1. The Kier molecular flexibility index (Phi) is 3.25. The van der Waals surface area contributed by atoms with E-state index < -0.39 is 6.04 Å². The quantitative estimate of drug-likeness (QED) is 0.786. The van der Waals surface area contributed by atoms with Crippen LogP contribution in [0.1, 0.15) is 16.1 Å². The molecule has 0 aliphatic carbocycles. The number of Topliss-reactive ketones (excluding diaryl/α,β-unsaturated/α-hetero) is 1. The molecular formula is C13H13NO3. The highest BCUT2D eigenvalue weighted by molar-refractivity contribution is 5.97. The lowest BCUT2D eigenvalue weighted by Gasteiger charge is -2.09. The number of hydrogen-bond donors (Lipinski definition) is 2. The molecule has 17 heavy (non-hydrogen) atoms. The van der Waals surface area contributed by atoms with Crippen LogP contribution >= 0.6 is 0 Å². The van der Waals surface area contributed by atoms with Gasteiger partial charge >= 0.3 is 0 Å². The predicted octanol–water partition coefficient (Wildman–Crippen LogP) is 1.74. The highest BCUT2D eigenvalue weighted by Crippen LogP contribution is 2.13. The van der Waals surface area contributed by atoms with E-state index in [1.54, 1.807) is 30.3 Å². The second-order valence-corrected chi connectivity index (χ2v) is 3.82. The zero-order valence-corrected chi connectivity index (χ0v) is 9.17. The van der Waals surface area contributed by atoms with Crippen LogP contribution in [0.2, 0.25) is 0 Å². The van der Waals surface area contributed by atoms with Gasteiger partial charge in [-0.15, -0.1) is 0 Å². The Balaban J connectivity index is 2.07. The summed E-state index contributed by atoms with van der Waals surface area (Å²) in [4.78, 5) is 11.8. The SMILES string of the molecule is NC(Cc1cccc(O)c1)C(=O)c1ccco1. The van der Waals surface area contributed by atoms with Crippen molar-refractivity contribution in [1.82, 2.24) is 0 Å². The number of ketones is 1. The van der Waals surface area contributed by atoms with Crippen molar-refractivity contribution in [2.45, 2.75) is 12.5 Å². The van der Waals surface area contributed by atoms with Gasteiger partial charge < -0.3 is 15.3 Å². The fourth-order valence-electron chi connectivity index (χ4n) is 1.63. The highest BCUT2D eigenvalue weighted by Gasteiger charge is 2.18. The van der Waals surface area contributed by atoms with E-state index in [9.17, 15) is 9.90 Å². The largest absolute Gasteiger partial charge is 0.508 e. The minimum atomic E-state index is -0.664. The summed E-state index contributed by atoms with van der Waals surface area (Å²) in [5, 5.41) is 9.30. The summed E-state index contributed by atoms with van der Waals surface area (Å²) in [5.74, 6) is 0.191. The molecule has 2 aromatic rings. The van der Waals surface area contributed by atoms with E-state index in [1.165, 1.54) is 6.26 Å². The van der Waals surface area contributed by atoms with Crippen molar-refractivity contribution in [3.8, 4) is 5.75 Å². The van der Waals surface area contributed by atoms with Crippen LogP contribution in [0.4, 0.5) is 0 Å². The molecule has 4 nitrogen and oxygen atoms in total. The molecule has 0 saturated heterocycles. The van der Waals surface area contributed by atoms with Crippen molar-refractivity contribution >= 4 is 5.78 Å². The molecule has 0 saturated carbocycles. The van der Waals surface area contributed by atoms with Crippen molar-refractivity contribution in [1.29, 1.82) is 0 Å². The molecule has 1 heterocycles. The van der Waals surface area contributed by atoms with Gasteiger partial charge in [-0.05, 0) is 36.2 Å². The number of phenols is 1. The maximum Gasteiger partial charge on any atom is 0.214 e. The van der Waals surface area contributed by atoms with E-state index in [2.05, 4.69) is 0 Å². The lowest BCUT2D eigenvalue weighted by Crippen LogP contribution is -2.32. The molecule has 2 rings (SSSR count). The molecule has 3 N–H and O–H groups in total. The van der Waals surface area contributed by atoms with E-state index in [0.29, 0.717) is 6.42 Å². The number of aromatic hydroxyl groups is 1. The van der Waals surface area contributed by atoms with Gasteiger partial charge in [-0.25, -0.2) is 0 Å². The molecule has 0 aliphatic heterocycles. The summed E-state index contributed by atoms with van der Waals surface area (Å²) in [6.07, 6.45) is 1.81. The molecule has 1 aromatic heterocycles. The zero-order chi connectivity index (χ0) is 12.3. The van der Waals surface area contributed by atoms with E-state index in [0.717, 1.165) is 5.56 Å². The fraction of sp³-hybridized carbons (Fsp3) is 0.154. The van der Waals surface area contributed by atoms with Crippen molar-refractivity contribution < 1.29 is 14.3 Å². The number of benzene rings is 1. The Labute approximate surface area is 98.7 Å². The van der Waals surface area contributed by atoms with Gasteiger partial charge in [0.05, 0.1) is 12.3 Å². The molecule has 0 amide bonds. The first-order valence-corrected chi connectivity index (χ1v) is 5.28. The van der Waals surface area contributed by atoms with Gasteiger partial charge in [-0.1, -0.05) is 12.1 Å². The van der Waals surface area contributed by atoms with Gasteiger partial charge in [0.25, 0.3) is 0 Å². The molecule has 0 bridgehead atoms. The van der Waals surface area contributed by atoms with E-state index in [4.69, 9.17) is 10.2 Å². The maximum atomic E-state index is 11.8. The van der Waals surface area contributed by atoms with E-state index in [1.807, 2.05) is 6.07 Å². The first-order chi connectivity index (χ1) is 8.16. The topological polar surface area (TPSA) is 76.5 Å². The van der Waals surface area contributed by atoms with Gasteiger partial charge in [0.15, 0.2) is 5.76 Å². The van der Waals surface area contributed by atoms with E-state index >= 15 is 0 Å². The molecule has 1 atom stereocenters. The Hall–Kier alpha value is -2.07. The minimum Gasteiger partial charge on any atom is -0.508 e. The van der Waals surface area contributed by atoms with Crippen molar-refractivity contribution in [3.63, 3.8) is 0 Å². The van der Waals surface area contributed by atoms with Crippen molar-refractivity contribution in [2.24, 2.45) is 5.73 Å². The highest BCUT2D eigenvalue weighted by atomic mass is 16.3. The maximum absolute atomic E-state index is 11.8. The summed E-state index contributed by atoms with van der Waals surface area (Å²) >= 11 is 0. The van der Waals surface area contributed by atoms with Crippen LogP contribution in [0.15, 0.2) is 47.1 Å². The van der Waals surface area contributed by atoms with Crippen LogP contribution in [0.5, 0.6) is 5.75 Å². The molecule has 0 radical (unpaired) electrons. The van der Waals surface area contributed by atoms with Gasteiger partial charge in [-0.2, -0.15) is 0 Å². The van der Waals surface area contributed by atoms with Crippen molar-refractivity contribution in [3.05, 3.63) is 54.0 Å². The number of carbonyl (C=O) groups excluding carboxylic acids is 1. The summed E-state index contributed by atoms with van der Waals surface area (Å²) < 4.78 is 5.00. The fourth-order valence-corrected chi connectivity index (χ4v) is 1.63. The smallest absolute Gasteiger partial charge is 0.214 e. The van der Waals surface area contributed by atoms with Crippen molar-refractivity contribution in [2.75, 3.05) is 0 Å². The minimum absolute atomic E-state index is 0.167. The summed E-state index contributed by atoms with van der Waals surface area (Å²) in [5.41, 5.74) is 6.62. The first kappa shape index (κ1) is 11.4. The van der Waals surface area contributed by atoms with Gasteiger partial charge in [0.2, 0.25) is 5.78 Å². The number of carbonyl (C=O) groups is 1. The van der Waals surface area contributed by atoms with Gasteiger partial charge in [-0.3, -0.25) is 4.79 Å². The lowest BCUT2D eigenvalue weighted by atomic mass is 10.0. The average Bonchev–Trinajstić information content (AvgIpc) is 2.81. The standard InChI is InChI=1S/C13H13NO3/c14-11(13(16)12-5-2-6-17-12)8-9-3-1-4-10(15)7-9/h1-7,11,15H,8,14H2. The molecule has 88 valence electrons. The van der Waals surface area contributed by atoms with Crippen LogP contribution in [0.25, 0.3) is 0 Å². The third kappa shape index (κ3) is 2.73. The number of furan rings is 1. The molecule has 0 spiro atoms. The Bertz CT molecular complexity index is 505. The van der Waals surface area contributed by atoms with E-state index in [-0.39, 0.29) is 17.3 Å². The predicted molar refractivity (Wildman–Crippen MR) is 62.8 cm³/mol. The Morgan fingerprint density at radius 1 is 1.35 bits per heavy atom. The number of phenolic OH excluding ortho intramolecular Hbond substituents is 1. The third-order valence-electron chi connectivity index (χ3n) is 2.47. The van der Waals surface area contributed by atoms with Crippen LogP contribution in [-0.4, -0.2) is 16.9 Å². The summed E-state index contributed by atoms with van der Waals surface area (Å²) in [7, 11) is 0. The lowest BCUT2D eigenvalue weighted by molar-refractivity contribution is 0.0933. The second kappa shape index (κ2) is 4.84. The molecule has 4 heteroatoms. The monoisotopic (exact) mass is 231 g/mol. The Morgan fingerprint density at radius 3 is 2.82 bits per heavy atom. The molecule has 0 aliphatic rings. The van der Waals surface area contributed by atoms with Gasteiger partial charge in [0, 0.05) is 0 Å². The van der Waals surface area contributed by atoms with Crippen LogP contribution in [0, 0.1) is 0 Å². The van der Waals surface area contributed by atoms with Crippen LogP contribution in [-0.2, 0) is 6.42 Å². The van der Waals surface area contributed by atoms with Crippen LogP contribution < -0.4 is 5.73 Å². The molecular weight excluding hydrogens is 218 g/mol. The second-order valence-electron chi connectivity index (χ2n) is 3.82. The molecule has 1 aromatic carbocycles. The molecule has 0 fully saturated rings. The third-order valence-corrected chi connectivity index (χ3v) is 2.47.